The lowest BCUT2D eigenvalue weighted by molar-refractivity contribution is 0.0936. The third-order valence-electron chi connectivity index (χ3n) is 3.61. The second kappa shape index (κ2) is 5.74. The maximum Gasteiger partial charge on any atom is 0.180 e. The number of hydrogen-bond donors (Lipinski definition) is 0. The summed E-state index contributed by atoms with van der Waals surface area (Å²) >= 11 is 0. The average molecular weight is 261 g/mol. The highest BCUT2D eigenvalue weighted by molar-refractivity contribution is 6.00. The summed E-state index contributed by atoms with van der Waals surface area (Å²) in [5.41, 5.74) is 1.04. The quantitative estimate of drug-likeness (QED) is 0.763. The van der Waals surface area contributed by atoms with Gasteiger partial charge in [0.1, 0.15) is 5.75 Å². The smallest absolute Gasteiger partial charge is 0.180 e. The molecule has 0 spiro atoms. The van der Waals surface area contributed by atoms with Crippen LogP contribution in [0.3, 0.4) is 0 Å². The van der Waals surface area contributed by atoms with Gasteiger partial charge < -0.3 is 4.74 Å². The maximum atomic E-state index is 12.4. The number of benzene rings is 1. The predicted octanol–water partition coefficient (Wildman–Crippen LogP) is 3.00. The number of ketones is 1. The lowest BCUT2D eigenvalue weighted by atomic mass is 9.93. The summed E-state index contributed by atoms with van der Waals surface area (Å²) < 4.78 is 5.52. The zero-order valence-corrected chi connectivity index (χ0v) is 12.1. The number of Topliss-reactive ketones (excluding diaryl/α,β-unsaturated/α-hetero) is 1. The van der Waals surface area contributed by atoms with E-state index in [1.807, 2.05) is 31.2 Å². The first-order valence-corrected chi connectivity index (χ1v) is 6.99. The number of nitrogens with zero attached hydrogens (tertiary/aromatic N) is 1. The van der Waals surface area contributed by atoms with E-state index in [2.05, 4.69) is 18.7 Å². The number of para-hydroxylation sites is 1. The summed E-state index contributed by atoms with van der Waals surface area (Å²) in [7, 11) is 0. The second-order valence-corrected chi connectivity index (χ2v) is 5.98. The minimum absolute atomic E-state index is 0.154. The average Bonchev–Trinajstić information content (AvgIpc) is 2.69. The molecule has 19 heavy (non-hydrogen) atoms. The van der Waals surface area contributed by atoms with Crippen LogP contribution in [-0.2, 0) is 0 Å². The van der Waals surface area contributed by atoms with Crippen LogP contribution in [0, 0.1) is 5.41 Å². The van der Waals surface area contributed by atoms with Crippen LogP contribution >= 0.6 is 0 Å². The van der Waals surface area contributed by atoms with Gasteiger partial charge in [0.25, 0.3) is 0 Å². The van der Waals surface area contributed by atoms with Crippen molar-refractivity contribution in [1.82, 2.24) is 4.90 Å². The molecule has 1 aromatic rings. The molecule has 0 radical (unpaired) electrons. The number of rotatable bonds is 5. The van der Waals surface area contributed by atoms with Crippen LogP contribution < -0.4 is 4.74 Å². The van der Waals surface area contributed by atoms with Gasteiger partial charge >= 0.3 is 0 Å². The van der Waals surface area contributed by atoms with E-state index in [1.54, 1.807) is 0 Å². The van der Waals surface area contributed by atoms with E-state index in [4.69, 9.17) is 4.74 Å². The van der Waals surface area contributed by atoms with E-state index in [9.17, 15) is 4.79 Å². The minimum Gasteiger partial charge on any atom is -0.493 e. The molecule has 1 saturated heterocycles. The van der Waals surface area contributed by atoms with Crippen LogP contribution in [0.4, 0.5) is 0 Å². The van der Waals surface area contributed by atoms with Gasteiger partial charge in [0.15, 0.2) is 5.78 Å². The number of hydrogen-bond acceptors (Lipinski definition) is 3. The fraction of sp³-hybridized carbons (Fsp3) is 0.562. The highest BCUT2D eigenvalue weighted by Gasteiger charge is 2.30. The molecular formula is C16H23NO2. The van der Waals surface area contributed by atoms with E-state index in [1.165, 1.54) is 0 Å². The molecule has 1 fully saturated rings. The third-order valence-corrected chi connectivity index (χ3v) is 3.61. The predicted molar refractivity (Wildman–Crippen MR) is 76.8 cm³/mol. The molecule has 0 N–H and O–H groups in total. The molecule has 0 atom stereocenters. The summed E-state index contributed by atoms with van der Waals surface area (Å²) in [5, 5.41) is 0. The van der Waals surface area contributed by atoms with Gasteiger partial charge in [0.05, 0.1) is 18.7 Å². The van der Waals surface area contributed by atoms with Crippen LogP contribution in [0.2, 0.25) is 0 Å². The molecule has 1 heterocycles. The SMILES string of the molecule is CCOc1ccccc1C(=O)CN1CCC(C)(C)C1. The monoisotopic (exact) mass is 261 g/mol. The lowest BCUT2D eigenvalue weighted by Gasteiger charge is -2.19. The lowest BCUT2D eigenvalue weighted by Crippen LogP contribution is -2.29. The molecule has 2 rings (SSSR count). The van der Waals surface area contributed by atoms with Crippen molar-refractivity contribution in [3.05, 3.63) is 29.8 Å². The van der Waals surface area contributed by atoms with Crippen molar-refractivity contribution in [2.24, 2.45) is 5.41 Å². The van der Waals surface area contributed by atoms with E-state index < -0.39 is 0 Å². The number of ether oxygens (including phenoxy) is 1. The van der Waals surface area contributed by atoms with Crippen molar-refractivity contribution in [1.29, 1.82) is 0 Å². The molecule has 3 nitrogen and oxygen atoms in total. The van der Waals surface area contributed by atoms with Crippen molar-refractivity contribution >= 4 is 5.78 Å². The van der Waals surface area contributed by atoms with E-state index in [-0.39, 0.29) is 5.78 Å². The molecule has 0 aliphatic carbocycles. The Kier molecular flexibility index (Phi) is 4.25. The summed E-state index contributed by atoms with van der Waals surface area (Å²) in [6, 6.07) is 7.52. The van der Waals surface area contributed by atoms with Crippen molar-refractivity contribution in [3.63, 3.8) is 0 Å². The molecule has 1 aliphatic rings. The van der Waals surface area contributed by atoms with Crippen LogP contribution in [0.5, 0.6) is 5.75 Å². The molecule has 0 bridgehead atoms. The maximum absolute atomic E-state index is 12.4. The topological polar surface area (TPSA) is 29.5 Å². The second-order valence-electron chi connectivity index (χ2n) is 5.98. The summed E-state index contributed by atoms with van der Waals surface area (Å²) in [6.45, 7) is 9.53. The van der Waals surface area contributed by atoms with Crippen molar-refractivity contribution in [2.75, 3.05) is 26.2 Å². The zero-order valence-electron chi connectivity index (χ0n) is 12.1. The standard InChI is InChI=1S/C16H23NO2/c1-4-19-15-8-6-5-7-13(15)14(18)11-17-10-9-16(2,3)12-17/h5-8H,4,9-12H2,1-3H3. The molecule has 1 aliphatic heterocycles. The highest BCUT2D eigenvalue weighted by Crippen LogP contribution is 2.29. The zero-order chi connectivity index (χ0) is 13.9. The van der Waals surface area contributed by atoms with Gasteiger partial charge in [-0.15, -0.1) is 0 Å². The third kappa shape index (κ3) is 3.57. The largest absolute Gasteiger partial charge is 0.493 e. The van der Waals surface area contributed by atoms with Gasteiger partial charge in [-0.3, -0.25) is 9.69 Å². The summed E-state index contributed by atoms with van der Waals surface area (Å²) in [6.07, 6.45) is 1.16. The van der Waals surface area contributed by atoms with E-state index >= 15 is 0 Å². The van der Waals surface area contributed by atoms with Crippen LogP contribution in [0.25, 0.3) is 0 Å². The molecule has 0 unspecified atom stereocenters. The van der Waals surface area contributed by atoms with Crippen molar-refractivity contribution in [3.8, 4) is 5.75 Å². The number of likely N-dealkylation sites (tertiary alicyclic amines) is 1. The van der Waals surface area contributed by atoms with Crippen LogP contribution in [0.1, 0.15) is 37.6 Å². The van der Waals surface area contributed by atoms with Crippen molar-refractivity contribution in [2.45, 2.75) is 27.2 Å². The Morgan fingerprint density at radius 3 is 2.74 bits per heavy atom. The Morgan fingerprint density at radius 1 is 1.37 bits per heavy atom. The van der Waals surface area contributed by atoms with Gasteiger partial charge in [0.2, 0.25) is 0 Å². The number of carbonyl (C=O) groups excluding carboxylic acids is 1. The Hall–Kier alpha value is -1.35. The summed E-state index contributed by atoms with van der Waals surface area (Å²) in [4.78, 5) is 14.6. The first-order valence-electron chi connectivity index (χ1n) is 6.99. The Labute approximate surface area is 115 Å². The normalized spacial score (nSPS) is 18.5. The number of carbonyl (C=O) groups is 1. The van der Waals surface area contributed by atoms with Gasteiger partial charge in [-0.2, -0.15) is 0 Å². The Balaban J connectivity index is 2.04. The fourth-order valence-electron chi connectivity index (χ4n) is 2.63. The Morgan fingerprint density at radius 2 is 2.11 bits per heavy atom. The summed E-state index contributed by atoms with van der Waals surface area (Å²) in [5.74, 6) is 0.857. The first kappa shape index (κ1) is 14.1. The molecule has 104 valence electrons. The van der Waals surface area contributed by atoms with Gasteiger partial charge in [-0.25, -0.2) is 0 Å². The molecule has 0 saturated carbocycles. The van der Waals surface area contributed by atoms with Crippen LogP contribution in [-0.4, -0.2) is 36.9 Å². The Bertz CT molecular complexity index is 454. The first-order chi connectivity index (χ1) is 9.02. The van der Waals surface area contributed by atoms with Crippen molar-refractivity contribution < 1.29 is 9.53 Å². The van der Waals surface area contributed by atoms with Crippen LogP contribution in [0.15, 0.2) is 24.3 Å². The molecule has 1 aromatic carbocycles. The minimum atomic E-state index is 0.154. The van der Waals surface area contributed by atoms with Gasteiger partial charge in [-0.05, 0) is 37.4 Å². The van der Waals surface area contributed by atoms with Gasteiger partial charge in [-0.1, -0.05) is 26.0 Å². The molecular weight excluding hydrogens is 238 g/mol. The van der Waals surface area contributed by atoms with E-state index in [0.717, 1.165) is 19.5 Å². The molecule has 0 aromatic heterocycles. The fourth-order valence-corrected chi connectivity index (χ4v) is 2.63. The molecule has 0 amide bonds. The van der Waals surface area contributed by atoms with Gasteiger partial charge in [0, 0.05) is 6.54 Å². The molecule has 3 heteroatoms. The highest BCUT2D eigenvalue weighted by atomic mass is 16.5. The van der Waals surface area contributed by atoms with E-state index in [0.29, 0.717) is 29.9 Å².